The van der Waals surface area contributed by atoms with E-state index in [1.54, 1.807) is 0 Å². The van der Waals surface area contributed by atoms with E-state index >= 15 is 0 Å². The minimum absolute atomic E-state index is 1.33. The van der Waals surface area contributed by atoms with Crippen molar-refractivity contribution in [2.45, 2.75) is 13.8 Å². The minimum atomic E-state index is -3.20. The molecule has 15 heavy (non-hydrogen) atoms. The summed E-state index contributed by atoms with van der Waals surface area (Å²) in [5, 5.41) is 0. The summed E-state index contributed by atoms with van der Waals surface area (Å²) in [6, 6.07) is 8.48. The largest absolute Gasteiger partial charge is 0.326 e. The van der Waals surface area contributed by atoms with Crippen LogP contribution in [0.3, 0.4) is 0 Å². The number of rotatable bonds is 2. The molecule has 2 atom stereocenters. The molecule has 1 aromatic rings. The lowest BCUT2D eigenvalue weighted by atomic mass is 10.2. The van der Waals surface area contributed by atoms with E-state index in [4.69, 9.17) is 9.79 Å². The summed E-state index contributed by atoms with van der Waals surface area (Å²) in [6.07, 6.45) is 0. The molecule has 7 heteroatoms. The zero-order valence-corrected chi connectivity index (χ0v) is 10.4. The molecule has 2 N–H and O–H groups in total. The Bertz CT molecular complexity index is 302. The first-order chi connectivity index (χ1) is 6.91. The Balaban J connectivity index is 0.000000265. The van der Waals surface area contributed by atoms with Gasteiger partial charge in [-0.05, 0) is 13.8 Å². The van der Waals surface area contributed by atoms with Gasteiger partial charge < -0.3 is 9.79 Å². The Hall–Kier alpha value is -0.440. The van der Waals surface area contributed by atoms with Crippen LogP contribution in [0.4, 0.5) is 0 Å². The summed E-state index contributed by atoms with van der Waals surface area (Å²) in [5.74, 6) is 0. The molecule has 0 amide bonds. The summed E-state index contributed by atoms with van der Waals surface area (Å²) in [6.45, 7) is 4.19. The van der Waals surface area contributed by atoms with Gasteiger partial charge in [0.1, 0.15) is 0 Å². The molecule has 0 aliphatic rings. The predicted octanol–water partition coefficient (Wildman–Crippen LogP) is 2.07. The van der Waals surface area contributed by atoms with E-state index in [0.717, 1.165) is 0 Å². The Kier molecular flexibility index (Phi) is 7.57. The third kappa shape index (κ3) is 9.85. The smallest absolute Gasteiger partial charge is 0.323 e. The summed E-state index contributed by atoms with van der Waals surface area (Å²) in [4.78, 5) is 15.4. The number of hydrogen-bond donors (Lipinski definition) is 2. The first-order valence-electron chi connectivity index (χ1n) is 4.09. The fraction of sp³-hybridized carbons (Fsp3) is 0.250. The van der Waals surface area contributed by atoms with Crippen LogP contribution in [0.1, 0.15) is 11.1 Å². The van der Waals surface area contributed by atoms with Crippen LogP contribution in [0.5, 0.6) is 0 Å². The Labute approximate surface area is 89.6 Å². The SMILES string of the molecule is Cc1ccc(C)cc1.O=[PH](O)O[PH](=O)O. The van der Waals surface area contributed by atoms with Crippen LogP contribution >= 0.6 is 16.5 Å². The summed E-state index contributed by atoms with van der Waals surface area (Å²) >= 11 is 0. The van der Waals surface area contributed by atoms with E-state index < -0.39 is 16.5 Å². The lowest BCUT2D eigenvalue weighted by Gasteiger charge is -1.90. The highest BCUT2D eigenvalue weighted by molar-refractivity contribution is 7.46. The molecule has 0 aliphatic heterocycles. The van der Waals surface area contributed by atoms with Crippen molar-refractivity contribution in [2.24, 2.45) is 0 Å². The van der Waals surface area contributed by atoms with Crippen LogP contribution in [0.25, 0.3) is 0 Å². The molecule has 2 unspecified atom stereocenters. The molecule has 0 saturated carbocycles. The first-order valence-corrected chi connectivity index (χ1v) is 6.61. The maximum Gasteiger partial charge on any atom is 0.323 e. The van der Waals surface area contributed by atoms with Crippen LogP contribution in [-0.2, 0) is 13.4 Å². The molecule has 0 aromatic heterocycles. The highest BCUT2D eigenvalue weighted by atomic mass is 31.2. The van der Waals surface area contributed by atoms with Gasteiger partial charge in [-0.15, -0.1) is 0 Å². The molecule has 0 radical (unpaired) electrons. The highest BCUT2D eigenvalue weighted by Gasteiger charge is 1.93. The quantitative estimate of drug-likeness (QED) is 0.787. The lowest BCUT2D eigenvalue weighted by molar-refractivity contribution is 0.371. The van der Waals surface area contributed by atoms with Gasteiger partial charge in [0.05, 0.1) is 0 Å². The molecule has 0 heterocycles. The van der Waals surface area contributed by atoms with Gasteiger partial charge in [-0.25, -0.2) is 4.31 Å². The van der Waals surface area contributed by atoms with Gasteiger partial charge in [0.2, 0.25) is 0 Å². The van der Waals surface area contributed by atoms with E-state index in [9.17, 15) is 9.13 Å². The van der Waals surface area contributed by atoms with Gasteiger partial charge in [0, 0.05) is 0 Å². The summed E-state index contributed by atoms with van der Waals surface area (Å²) < 4.78 is 22.3. The second kappa shape index (κ2) is 7.80. The zero-order valence-electron chi connectivity index (χ0n) is 8.43. The highest BCUT2D eigenvalue weighted by Crippen LogP contribution is 2.30. The topological polar surface area (TPSA) is 83.8 Å². The molecular weight excluding hydrogens is 238 g/mol. The number of aryl methyl sites for hydroxylation is 2. The molecule has 86 valence electrons. The molecule has 0 aliphatic carbocycles. The van der Waals surface area contributed by atoms with Crippen molar-refractivity contribution in [3.05, 3.63) is 35.4 Å². The molecule has 0 fully saturated rings. The Morgan fingerprint density at radius 2 is 1.20 bits per heavy atom. The van der Waals surface area contributed by atoms with E-state index in [1.807, 2.05) is 0 Å². The van der Waals surface area contributed by atoms with Gasteiger partial charge in [-0.3, -0.25) is 9.13 Å². The van der Waals surface area contributed by atoms with Crippen molar-refractivity contribution < 1.29 is 23.2 Å². The fourth-order valence-corrected chi connectivity index (χ4v) is 1.31. The monoisotopic (exact) mass is 252 g/mol. The van der Waals surface area contributed by atoms with Crippen LogP contribution in [0.2, 0.25) is 0 Å². The average Bonchev–Trinajstić information content (AvgIpc) is 2.09. The molecular formula is C8H14O5P2. The van der Waals surface area contributed by atoms with Crippen LogP contribution in [0.15, 0.2) is 24.3 Å². The second-order valence-electron chi connectivity index (χ2n) is 2.79. The summed E-state index contributed by atoms with van der Waals surface area (Å²) in [5.41, 5.74) is 2.66. The minimum Gasteiger partial charge on any atom is -0.326 e. The van der Waals surface area contributed by atoms with Crippen molar-refractivity contribution in [1.29, 1.82) is 0 Å². The van der Waals surface area contributed by atoms with Crippen molar-refractivity contribution >= 4 is 16.5 Å². The molecule has 0 saturated heterocycles. The predicted molar refractivity (Wildman–Crippen MR) is 59.4 cm³/mol. The van der Waals surface area contributed by atoms with Crippen molar-refractivity contribution in [3.8, 4) is 0 Å². The van der Waals surface area contributed by atoms with E-state index in [2.05, 4.69) is 42.4 Å². The van der Waals surface area contributed by atoms with Gasteiger partial charge in [-0.2, -0.15) is 0 Å². The number of hydrogen-bond acceptors (Lipinski definition) is 3. The normalized spacial score (nSPS) is 13.6. The molecule has 0 spiro atoms. The van der Waals surface area contributed by atoms with E-state index in [-0.39, 0.29) is 0 Å². The Morgan fingerprint density at radius 3 is 1.33 bits per heavy atom. The van der Waals surface area contributed by atoms with Crippen molar-refractivity contribution in [2.75, 3.05) is 0 Å². The second-order valence-corrected chi connectivity index (χ2v) is 4.67. The third-order valence-electron chi connectivity index (χ3n) is 1.39. The van der Waals surface area contributed by atoms with Crippen molar-refractivity contribution in [1.82, 2.24) is 0 Å². The standard InChI is InChI=1S/C8H10.H4O5P2/c1-7-3-5-8(2)6-4-7;1-6(2)5-7(3)4/h3-6H,1-2H3;6-7H,(H,1,2)(H,3,4). The maximum atomic E-state index is 9.44. The molecule has 5 nitrogen and oxygen atoms in total. The average molecular weight is 252 g/mol. The zero-order chi connectivity index (χ0) is 11.8. The number of benzene rings is 1. The fourth-order valence-electron chi connectivity index (χ4n) is 0.712. The van der Waals surface area contributed by atoms with E-state index in [1.165, 1.54) is 11.1 Å². The van der Waals surface area contributed by atoms with Crippen molar-refractivity contribution in [3.63, 3.8) is 0 Å². The van der Waals surface area contributed by atoms with Crippen LogP contribution < -0.4 is 0 Å². The van der Waals surface area contributed by atoms with Gasteiger partial charge in [0.25, 0.3) is 0 Å². The lowest BCUT2D eigenvalue weighted by Crippen LogP contribution is -1.70. The van der Waals surface area contributed by atoms with Gasteiger partial charge >= 0.3 is 16.5 Å². The van der Waals surface area contributed by atoms with Crippen LogP contribution in [-0.4, -0.2) is 9.79 Å². The Morgan fingerprint density at radius 1 is 0.933 bits per heavy atom. The molecule has 1 aromatic carbocycles. The van der Waals surface area contributed by atoms with Crippen LogP contribution in [0, 0.1) is 13.8 Å². The maximum absolute atomic E-state index is 9.44. The summed E-state index contributed by atoms with van der Waals surface area (Å²) in [7, 11) is -6.40. The molecule has 1 rings (SSSR count). The third-order valence-corrected chi connectivity index (χ3v) is 2.79. The van der Waals surface area contributed by atoms with E-state index in [0.29, 0.717) is 0 Å². The van der Waals surface area contributed by atoms with Gasteiger partial charge in [-0.1, -0.05) is 35.4 Å². The van der Waals surface area contributed by atoms with Gasteiger partial charge in [0.15, 0.2) is 0 Å². The molecule has 0 bridgehead atoms. The first kappa shape index (κ1) is 14.6.